The first-order valence-corrected chi connectivity index (χ1v) is 6.59. The lowest BCUT2D eigenvalue weighted by atomic mass is 10.1. The molecule has 5 nitrogen and oxygen atoms in total. The first kappa shape index (κ1) is 15.1. The van der Waals surface area contributed by atoms with E-state index in [1.165, 1.54) is 18.6 Å². The van der Waals surface area contributed by atoms with E-state index >= 15 is 0 Å². The Morgan fingerprint density at radius 2 is 1.63 bits per heavy atom. The fourth-order valence-electron chi connectivity index (χ4n) is 1.79. The summed E-state index contributed by atoms with van der Waals surface area (Å²) in [6.45, 7) is 2.14. The van der Waals surface area contributed by atoms with Crippen LogP contribution in [0.2, 0.25) is 0 Å². The van der Waals surface area contributed by atoms with E-state index in [1.807, 2.05) is 0 Å². The van der Waals surface area contributed by atoms with Crippen LogP contribution in [0, 0.1) is 0 Å². The molecule has 4 N–H and O–H groups in total. The van der Waals surface area contributed by atoms with E-state index in [-0.39, 0.29) is 11.6 Å². The third-order valence-corrected chi connectivity index (χ3v) is 2.86. The van der Waals surface area contributed by atoms with Crippen molar-refractivity contribution in [3.05, 3.63) is 12.1 Å². The van der Waals surface area contributed by atoms with Crippen molar-refractivity contribution in [1.82, 2.24) is 0 Å². The Bertz CT molecular complexity index is 408. The quantitative estimate of drug-likeness (QED) is 0.347. The molecule has 0 fully saturated rings. The molecule has 0 spiro atoms. The van der Waals surface area contributed by atoms with Crippen molar-refractivity contribution in [2.24, 2.45) is 0 Å². The number of benzene rings is 1. The molecule has 5 heteroatoms. The summed E-state index contributed by atoms with van der Waals surface area (Å²) >= 11 is 0. The zero-order valence-corrected chi connectivity index (χ0v) is 11.1. The van der Waals surface area contributed by atoms with Gasteiger partial charge in [0.05, 0.1) is 0 Å². The minimum absolute atomic E-state index is 0.166. The SMILES string of the molecule is CCCCCCCC(=O)Nc1cc(O)c(O)c(O)c1. The molecule has 0 radical (unpaired) electrons. The molecule has 0 unspecified atom stereocenters. The molecule has 0 heterocycles. The topological polar surface area (TPSA) is 89.8 Å². The molecule has 0 bridgehead atoms. The number of unbranched alkanes of at least 4 members (excludes halogenated alkanes) is 4. The van der Waals surface area contributed by atoms with Crippen LogP contribution in [0.15, 0.2) is 12.1 Å². The van der Waals surface area contributed by atoms with Crippen LogP contribution in [0.5, 0.6) is 17.2 Å². The van der Waals surface area contributed by atoms with Gasteiger partial charge in [0.25, 0.3) is 0 Å². The van der Waals surface area contributed by atoms with Gasteiger partial charge in [0.2, 0.25) is 5.91 Å². The second kappa shape index (κ2) is 7.51. The molecule has 1 aromatic carbocycles. The van der Waals surface area contributed by atoms with Crippen LogP contribution >= 0.6 is 0 Å². The summed E-state index contributed by atoms with van der Waals surface area (Å²) in [5.41, 5.74) is 0.270. The van der Waals surface area contributed by atoms with Crippen LogP contribution < -0.4 is 5.32 Å². The Morgan fingerprint density at radius 3 is 2.21 bits per heavy atom. The van der Waals surface area contributed by atoms with Crippen LogP contribution in [0.25, 0.3) is 0 Å². The third-order valence-electron chi connectivity index (χ3n) is 2.86. The molecular weight excluding hydrogens is 246 g/mol. The van der Waals surface area contributed by atoms with Gasteiger partial charge in [0.1, 0.15) is 0 Å². The number of phenols is 3. The molecular formula is C14H21NO4. The summed E-state index contributed by atoms with van der Waals surface area (Å²) in [6.07, 6.45) is 5.73. The molecule has 1 aromatic rings. The number of carbonyl (C=O) groups excluding carboxylic acids is 1. The van der Waals surface area contributed by atoms with E-state index < -0.39 is 17.2 Å². The minimum atomic E-state index is -0.586. The van der Waals surface area contributed by atoms with Gasteiger partial charge in [-0.25, -0.2) is 0 Å². The van der Waals surface area contributed by atoms with Gasteiger partial charge >= 0.3 is 0 Å². The second-order valence-electron chi connectivity index (χ2n) is 4.58. The van der Waals surface area contributed by atoms with E-state index in [1.54, 1.807) is 0 Å². The summed E-state index contributed by atoms with van der Waals surface area (Å²) in [6, 6.07) is 2.40. The van der Waals surface area contributed by atoms with Crippen LogP contribution in [0.3, 0.4) is 0 Å². The maximum Gasteiger partial charge on any atom is 0.224 e. The van der Waals surface area contributed by atoms with E-state index in [4.69, 9.17) is 0 Å². The second-order valence-corrected chi connectivity index (χ2v) is 4.58. The Kier molecular flexibility index (Phi) is 5.99. The highest BCUT2D eigenvalue weighted by atomic mass is 16.3. The van der Waals surface area contributed by atoms with E-state index in [0.717, 1.165) is 25.7 Å². The van der Waals surface area contributed by atoms with Gasteiger partial charge in [0.15, 0.2) is 17.2 Å². The molecule has 0 aliphatic rings. The van der Waals surface area contributed by atoms with E-state index in [9.17, 15) is 20.1 Å². The molecule has 1 amide bonds. The number of anilines is 1. The van der Waals surface area contributed by atoms with Gasteiger partial charge < -0.3 is 20.6 Å². The number of phenolic OH excluding ortho intramolecular Hbond substituents is 3. The Hall–Kier alpha value is -1.91. The smallest absolute Gasteiger partial charge is 0.224 e. The van der Waals surface area contributed by atoms with Crippen LogP contribution in [0.1, 0.15) is 45.4 Å². The maximum atomic E-state index is 11.6. The van der Waals surface area contributed by atoms with Crippen molar-refractivity contribution in [3.8, 4) is 17.2 Å². The number of rotatable bonds is 7. The predicted octanol–water partition coefficient (Wildman–Crippen LogP) is 3.10. The molecule has 0 aromatic heterocycles. The molecule has 0 aliphatic heterocycles. The molecule has 0 saturated carbocycles. The van der Waals surface area contributed by atoms with Crippen LogP contribution in [-0.2, 0) is 4.79 Å². The molecule has 0 aliphatic carbocycles. The number of nitrogens with one attached hydrogen (secondary N) is 1. The average Bonchev–Trinajstić information content (AvgIpc) is 2.35. The van der Waals surface area contributed by atoms with Crippen LogP contribution in [0.4, 0.5) is 5.69 Å². The highest BCUT2D eigenvalue weighted by Gasteiger charge is 2.10. The van der Waals surface area contributed by atoms with Crippen molar-refractivity contribution in [2.75, 3.05) is 5.32 Å². The number of amides is 1. The zero-order chi connectivity index (χ0) is 14.3. The summed E-state index contributed by atoms with van der Waals surface area (Å²) in [4.78, 5) is 11.6. The number of aromatic hydroxyl groups is 3. The van der Waals surface area contributed by atoms with Crippen molar-refractivity contribution in [3.63, 3.8) is 0 Å². The lowest BCUT2D eigenvalue weighted by molar-refractivity contribution is -0.116. The average molecular weight is 267 g/mol. The summed E-state index contributed by atoms with van der Waals surface area (Å²) in [7, 11) is 0. The molecule has 0 saturated heterocycles. The predicted molar refractivity (Wildman–Crippen MR) is 73.4 cm³/mol. The fourth-order valence-corrected chi connectivity index (χ4v) is 1.79. The molecule has 19 heavy (non-hydrogen) atoms. The van der Waals surface area contributed by atoms with Gasteiger partial charge in [-0.15, -0.1) is 0 Å². The van der Waals surface area contributed by atoms with Crippen LogP contribution in [-0.4, -0.2) is 21.2 Å². The largest absolute Gasteiger partial charge is 0.504 e. The standard InChI is InChI=1S/C14H21NO4/c1-2-3-4-5-6-7-13(18)15-10-8-11(16)14(19)12(17)9-10/h8-9,16-17,19H,2-7H2,1H3,(H,15,18). The lowest BCUT2D eigenvalue weighted by Crippen LogP contribution is -2.10. The molecule has 106 valence electrons. The monoisotopic (exact) mass is 267 g/mol. The highest BCUT2D eigenvalue weighted by molar-refractivity contribution is 5.91. The first-order chi connectivity index (χ1) is 9.04. The van der Waals surface area contributed by atoms with Crippen molar-refractivity contribution < 1.29 is 20.1 Å². The Morgan fingerprint density at radius 1 is 1.05 bits per heavy atom. The summed E-state index contributed by atoms with van der Waals surface area (Å²) in [5.74, 6) is -1.67. The van der Waals surface area contributed by atoms with E-state index in [2.05, 4.69) is 12.2 Å². The van der Waals surface area contributed by atoms with Gasteiger partial charge in [-0.2, -0.15) is 0 Å². The third kappa shape index (κ3) is 5.07. The highest BCUT2D eigenvalue weighted by Crippen LogP contribution is 2.37. The summed E-state index contributed by atoms with van der Waals surface area (Å²) in [5, 5.41) is 30.4. The summed E-state index contributed by atoms with van der Waals surface area (Å²) < 4.78 is 0. The zero-order valence-electron chi connectivity index (χ0n) is 11.1. The van der Waals surface area contributed by atoms with Gasteiger partial charge in [-0.3, -0.25) is 4.79 Å². The Balaban J connectivity index is 2.40. The number of hydrogen-bond acceptors (Lipinski definition) is 4. The fraction of sp³-hybridized carbons (Fsp3) is 0.500. The van der Waals surface area contributed by atoms with Crippen molar-refractivity contribution in [1.29, 1.82) is 0 Å². The lowest BCUT2D eigenvalue weighted by Gasteiger charge is -2.08. The molecule has 0 atom stereocenters. The number of hydrogen-bond donors (Lipinski definition) is 4. The molecule has 1 rings (SSSR count). The Labute approximate surface area is 112 Å². The van der Waals surface area contributed by atoms with Gasteiger partial charge in [-0.1, -0.05) is 32.6 Å². The van der Waals surface area contributed by atoms with Gasteiger partial charge in [-0.05, 0) is 6.42 Å². The van der Waals surface area contributed by atoms with Crippen molar-refractivity contribution >= 4 is 11.6 Å². The first-order valence-electron chi connectivity index (χ1n) is 6.59. The number of carbonyl (C=O) groups is 1. The van der Waals surface area contributed by atoms with Crippen molar-refractivity contribution in [2.45, 2.75) is 45.4 Å². The maximum absolute atomic E-state index is 11.6. The minimum Gasteiger partial charge on any atom is -0.504 e. The normalized spacial score (nSPS) is 10.4. The van der Waals surface area contributed by atoms with Gasteiger partial charge in [0, 0.05) is 24.2 Å². The van der Waals surface area contributed by atoms with E-state index in [0.29, 0.717) is 6.42 Å².